The number of aliphatic hydroxyl groups is 1. The molecule has 0 aliphatic rings. The van der Waals surface area contributed by atoms with Crippen molar-refractivity contribution in [1.29, 1.82) is 0 Å². The number of aliphatic hydroxyl groups excluding tert-OH is 1. The molecule has 5 heteroatoms. The molecule has 0 saturated heterocycles. The first-order valence-corrected chi connectivity index (χ1v) is 5.88. The highest BCUT2D eigenvalue weighted by Gasteiger charge is 2.20. The molecule has 0 aliphatic heterocycles. The van der Waals surface area contributed by atoms with Gasteiger partial charge in [-0.1, -0.05) is 0 Å². The lowest BCUT2D eigenvalue weighted by atomic mass is 10.1. The molecule has 96 valence electrons. The minimum atomic E-state index is -0.831. The van der Waals surface area contributed by atoms with E-state index in [1.165, 1.54) is 0 Å². The maximum absolute atomic E-state index is 10.4. The molecular formula is C13H17N3O2. The van der Waals surface area contributed by atoms with E-state index in [9.17, 15) is 5.11 Å². The summed E-state index contributed by atoms with van der Waals surface area (Å²) in [4.78, 5) is 4.19. The minimum absolute atomic E-state index is 0.509. The third-order valence-corrected chi connectivity index (χ3v) is 2.79. The van der Waals surface area contributed by atoms with E-state index < -0.39 is 6.10 Å². The van der Waals surface area contributed by atoms with Crippen molar-refractivity contribution in [3.63, 3.8) is 0 Å². The first-order chi connectivity index (χ1) is 8.67. The Morgan fingerprint density at radius 1 is 1.50 bits per heavy atom. The molecule has 18 heavy (non-hydrogen) atoms. The van der Waals surface area contributed by atoms with E-state index in [0.717, 1.165) is 11.4 Å². The van der Waals surface area contributed by atoms with Gasteiger partial charge in [0.1, 0.15) is 17.5 Å². The van der Waals surface area contributed by atoms with Crippen LogP contribution in [-0.4, -0.2) is 27.0 Å². The Kier molecular flexibility index (Phi) is 3.62. The summed E-state index contributed by atoms with van der Waals surface area (Å²) in [5.74, 6) is 0.575. The quantitative estimate of drug-likeness (QED) is 0.893. The second-order valence-corrected chi connectivity index (χ2v) is 4.02. The number of ether oxygens (including phenoxy) is 1. The van der Waals surface area contributed by atoms with Crippen molar-refractivity contribution in [3.05, 3.63) is 41.5 Å². The van der Waals surface area contributed by atoms with Gasteiger partial charge in [-0.05, 0) is 32.0 Å². The Balaban J connectivity index is 2.44. The number of hydrogen-bond donors (Lipinski definition) is 1. The summed E-state index contributed by atoms with van der Waals surface area (Å²) in [6.45, 7) is 4.59. The third-order valence-electron chi connectivity index (χ3n) is 2.79. The van der Waals surface area contributed by atoms with Gasteiger partial charge in [0.2, 0.25) is 0 Å². The molecule has 0 spiro atoms. The van der Waals surface area contributed by atoms with E-state index in [-0.39, 0.29) is 0 Å². The van der Waals surface area contributed by atoms with Gasteiger partial charge >= 0.3 is 0 Å². The minimum Gasteiger partial charge on any atom is -0.495 e. The fourth-order valence-electron chi connectivity index (χ4n) is 1.96. The number of pyridine rings is 1. The number of hydrogen-bond acceptors (Lipinski definition) is 4. The van der Waals surface area contributed by atoms with E-state index in [4.69, 9.17) is 4.74 Å². The zero-order chi connectivity index (χ0) is 13.1. The lowest BCUT2D eigenvalue weighted by molar-refractivity contribution is 0.197. The normalized spacial score (nSPS) is 12.4. The zero-order valence-electron chi connectivity index (χ0n) is 10.8. The van der Waals surface area contributed by atoms with Crippen LogP contribution in [0.4, 0.5) is 0 Å². The Hall–Kier alpha value is -1.88. The Morgan fingerprint density at radius 2 is 2.28 bits per heavy atom. The van der Waals surface area contributed by atoms with E-state index in [1.807, 2.05) is 19.9 Å². The Bertz CT molecular complexity index is 537. The van der Waals surface area contributed by atoms with E-state index in [0.29, 0.717) is 18.0 Å². The van der Waals surface area contributed by atoms with E-state index >= 15 is 0 Å². The van der Waals surface area contributed by atoms with Crippen molar-refractivity contribution in [2.45, 2.75) is 26.5 Å². The Labute approximate surface area is 106 Å². The molecule has 0 fully saturated rings. The van der Waals surface area contributed by atoms with Gasteiger partial charge in [0.05, 0.1) is 18.5 Å². The van der Waals surface area contributed by atoms with Crippen molar-refractivity contribution in [2.75, 3.05) is 7.11 Å². The van der Waals surface area contributed by atoms with E-state index in [1.54, 1.807) is 30.1 Å². The molecule has 0 aromatic carbocycles. The molecule has 1 unspecified atom stereocenters. The average Bonchev–Trinajstić information content (AvgIpc) is 2.79. The molecule has 1 atom stereocenters. The molecule has 0 radical (unpaired) electrons. The second kappa shape index (κ2) is 5.18. The molecule has 0 saturated carbocycles. The second-order valence-electron chi connectivity index (χ2n) is 4.02. The van der Waals surface area contributed by atoms with Crippen LogP contribution in [0.3, 0.4) is 0 Å². The number of rotatable bonds is 4. The maximum Gasteiger partial charge on any atom is 0.143 e. The van der Waals surface area contributed by atoms with Gasteiger partial charge in [0.25, 0.3) is 0 Å². The molecular weight excluding hydrogens is 230 g/mol. The molecule has 2 aromatic heterocycles. The fraction of sp³-hybridized carbons (Fsp3) is 0.385. The number of aromatic nitrogens is 3. The van der Waals surface area contributed by atoms with Crippen LogP contribution < -0.4 is 4.74 Å². The summed E-state index contributed by atoms with van der Waals surface area (Å²) in [7, 11) is 1.57. The highest BCUT2D eigenvalue weighted by Crippen LogP contribution is 2.28. The Morgan fingerprint density at radius 3 is 2.94 bits per heavy atom. The standard InChI is InChI=1S/C13H17N3O2/c1-4-16-10(8-9(2)15-16)13(17)12-11(18-3)6-5-7-14-12/h5-8,13,17H,4H2,1-3H3. The number of nitrogens with zero attached hydrogens (tertiary/aromatic N) is 3. The molecule has 5 nitrogen and oxygen atoms in total. The largest absolute Gasteiger partial charge is 0.495 e. The lowest BCUT2D eigenvalue weighted by Gasteiger charge is -2.14. The van der Waals surface area contributed by atoms with Crippen molar-refractivity contribution in [1.82, 2.24) is 14.8 Å². The summed E-state index contributed by atoms with van der Waals surface area (Å²) >= 11 is 0. The fourth-order valence-corrected chi connectivity index (χ4v) is 1.96. The highest BCUT2D eigenvalue weighted by molar-refractivity contribution is 5.33. The summed E-state index contributed by atoms with van der Waals surface area (Å²) in [6.07, 6.45) is 0.808. The van der Waals surface area contributed by atoms with Crippen molar-refractivity contribution >= 4 is 0 Å². The topological polar surface area (TPSA) is 60.2 Å². The molecule has 1 N–H and O–H groups in total. The molecule has 2 rings (SSSR count). The van der Waals surface area contributed by atoms with Gasteiger partial charge in [-0.25, -0.2) is 0 Å². The summed E-state index contributed by atoms with van der Waals surface area (Å²) < 4.78 is 6.99. The maximum atomic E-state index is 10.4. The summed E-state index contributed by atoms with van der Waals surface area (Å²) in [6, 6.07) is 5.42. The molecule has 0 aliphatic carbocycles. The van der Waals surface area contributed by atoms with E-state index in [2.05, 4.69) is 10.1 Å². The molecule has 2 heterocycles. The van der Waals surface area contributed by atoms with Crippen LogP contribution in [0.1, 0.15) is 30.1 Å². The summed E-state index contributed by atoms with van der Waals surface area (Å²) in [5, 5.41) is 14.7. The monoisotopic (exact) mass is 247 g/mol. The van der Waals surface area contributed by atoms with Crippen LogP contribution in [0.25, 0.3) is 0 Å². The van der Waals surface area contributed by atoms with Gasteiger partial charge in [0, 0.05) is 12.7 Å². The molecule has 0 bridgehead atoms. The van der Waals surface area contributed by atoms with Gasteiger partial charge in [-0.2, -0.15) is 5.10 Å². The van der Waals surface area contributed by atoms with Crippen LogP contribution in [0.2, 0.25) is 0 Å². The van der Waals surface area contributed by atoms with Crippen LogP contribution in [-0.2, 0) is 6.54 Å². The van der Waals surface area contributed by atoms with Crippen LogP contribution >= 0.6 is 0 Å². The van der Waals surface area contributed by atoms with Gasteiger partial charge < -0.3 is 9.84 Å². The number of methoxy groups -OCH3 is 1. The first-order valence-electron chi connectivity index (χ1n) is 5.88. The first kappa shape index (κ1) is 12.6. The van der Waals surface area contributed by atoms with Gasteiger partial charge in [0.15, 0.2) is 0 Å². The third kappa shape index (κ3) is 2.22. The predicted molar refractivity (Wildman–Crippen MR) is 67.5 cm³/mol. The molecule has 0 amide bonds. The van der Waals surface area contributed by atoms with Crippen molar-refractivity contribution < 1.29 is 9.84 Å². The smallest absolute Gasteiger partial charge is 0.143 e. The summed E-state index contributed by atoms with van der Waals surface area (Å²) in [5.41, 5.74) is 2.11. The van der Waals surface area contributed by atoms with Crippen molar-refractivity contribution in [3.8, 4) is 5.75 Å². The average molecular weight is 247 g/mol. The number of aryl methyl sites for hydroxylation is 2. The van der Waals surface area contributed by atoms with Crippen LogP contribution in [0.5, 0.6) is 5.75 Å². The van der Waals surface area contributed by atoms with Gasteiger partial charge in [-0.3, -0.25) is 9.67 Å². The SMILES string of the molecule is CCn1nc(C)cc1C(O)c1ncccc1OC. The van der Waals surface area contributed by atoms with Gasteiger partial charge in [-0.15, -0.1) is 0 Å². The predicted octanol–water partition coefficient (Wildman–Crippen LogP) is 1.70. The van der Waals surface area contributed by atoms with Crippen molar-refractivity contribution in [2.24, 2.45) is 0 Å². The van der Waals surface area contributed by atoms with Crippen LogP contribution in [0, 0.1) is 6.92 Å². The lowest BCUT2D eigenvalue weighted by Crippen LogP contribution is -2.11. The highest BCUT2D eigenvalue weighted by atomic mass is 16.5. The van der Waals surface area contributed by atoms with Crippen LogP contribution in [0.15, 0.2) is 24.4 Å². The molecule has 2 aromatic rings. The zero-order valence-corrected chi connectivity index (χ0v) is 10.8.